The van der Waals surface area contributed by atoms with E-state index in [1.807, 2.05) is 49.0 Å². The molecule has 8 heteroatoms. The predicted octanol–water partition coefficient (Wildman–Crippen LogP) is 1.02. The van der Waals surface area contributed by atoms with Crippen molar-refractivity contribution >= 4 is 11.8 Å². The average Bonchev–Trinajstić information content (AvgIpc) is 3.26. The number of nitrogens with zero attached hydrogens (tertiary/aromatic N) is 6. The van der Waals surface area contributed by atoms with E-state index in [1.165, 1.54) is 0 Å². The van der Waals surface area contributed by atoms with Crippen LogP contribution in [0.15, 0.2) is 42.0 Å². The number of aryl methyl sites for hydroxylation is 1. The summed E-state index contributed by atoms with van der Waals surface area (Å²) in [4.78, 5) is 11.4. The number of rotatable bonds is 6. The van der Waals surface area contributed by atoms with Crippen molar-refractivity contribution in [1.82, 2.24) is 30.4 Å². The van der Waals surface area contributed by atoms with E-state index in [0.29, 0.717) is 19.1 Å². The second-order valence-electron chi connectivity index (χ2n) is 6.32. The van der Waals surface area contributed by atoms with Crippen LogP contribution in [0.2, 0.25) is 0 Å². The Bertz CT molecular complexity index is 752. The molecule has 0 aliphatic carbocycles. The van der Waals surface area contributed by atoms with Gasteiger partial charge in [-0.05, 0) is 25.5 Å². The lowest BCUT2D eigenvalue weighted by Crippen LogP contribution is -2.44. The summed E-state index contributed by atoms with van der Waals surface area (Å²) in [6.07, 6.45) is 4.68. The van der Waals surface area contributed by atoms with E-state index in [2.05, 4.69) is 42.3 Å². The summed E-state index contributed by atoms with van der Waals surface area (Å²) in [5.74, 6) is 3.50. The quantitative estimate of drug-likeness (QED) is 0.458. The summed E-state index contributed by atoms with van der Waals surface area (Å²) in [6, 6.07) is 6.32. The van der Waals surface area contributed by atoms with Crippen LogP contribution in [0.5, 0.6) is 0 Å². The van der Waals surface area contributed by atoms with E-state index in [0.717, 1.165) is 42.9 Å². The van der Waals surface area contributed by atoms with E-state index in [1.54, 1.807) is 0 Å². The first-order chi connectivity index (χ1) is 12.7. The van der Waals surface area contributed by atoms with Crippen molar-refractivity contribution in [2.75, 3.05) is 24.5 Å². The maximum Gasteiger partial charge on any atom is 0.192 e. The van der Waals surface area contributed by atoms with Gasteiger partial charge >= 0.3 is 0 Å². The lowest BCUT2D eigenvalue weighted by Gasteiger charge is -2.19. The summed E-state index contributed by atoms with van der Waals surface area (Å²) < 4.78 is 1.95. The number of hydrogen-bond donors (Lipinski definition) is 2. The Morgan fingerprint density at radius 3 is 3.00 bits per heavy atom. The van der Waals surface area contributed by atoms with Crippen molar-refractivity contribution in [3.05, 3.63) is 48.7 Å². The minimum atomic E-state index is 0.314. The fourth-order valence-corrected chi connectivity index (χ4v) is 2.88. The number of aromatic nitrogens is 4. The molecule has 1 aliphatic heterocycles. The molecule has 0 spiro atoms. The van der Waals surface area contributed by atoms with Gasteiger partial charge in [-0.2, -0.15) is 0 Å². The minimum absolute atomic E-state index is 0.314. The van der Waals surface area contributed by atoms with Crippen molar-refractivity contribution in [2.45, 2.75) is 25.9 Å². The molecule has 0 radical (unpaired) electrons. The fraction of sp³-hybridized carbons (Fsp3) is 0.444. The molecule has 0 aromatic carbocycles. The topological polar surface area (TPSA) is 83.3 Å². The Kier molecular flexibility index (Phi) is 5.83. The summed E-state index contributed by atoms with van der Waals surface area (Å²) in [6.45, 7) is 8.70. The van der Waals surface area contributed by atoms with Crippen molar-refractivity contribution in [1.29, 1.82) is 0 Å². The second kappa shape index (κ2) is 8.46. The van der Waals surface area contributed by atoms with Crippen LogP contribution in [0.1, 0.15) is 18.1 Å². The molecular formula is C18H26N8. The monoisotopic (exact) mass is 354 g/mol. The van der Waals surface area contributed by atoms with Gasteiger partial charge < -0.3 is 20.1 Å². The number of guanidine groups is 1. The molecule has 26 heavy (non-hydrogen) atoms. The van der Waals surface area contributed by atoms with E-state index >= 15 is 0 Å². The Labute approximate surface area is 154 Å². The number of nitrogens with one attached hydrogen (secondary N) is 2. The number of anilines is 1. The molecule has 0 amide bonds. The summed E-state index contributed by atoms with van der Waals surface area (Å²) in [5, 5.41) is 15.0. The molecule has 0 bridgehead atoms. The molecule has 8 nitrogen and oxygen atoms in total. The highest BCUT2D eigenvalue weighted by molar-refractivity contribution is 5.80. The minimum Gasteiger partial charge on any atom is -0.354 e. The van der Waals surface area contributed by atoms with Crippen molar-refractivity contribution in [3.8, 4) is 0 Å². The fourth-order valence-electron chi connectivity index (χ4n) is 2.88. The zero-order valence-corrected chi connectivity index (χ0v) is 15.4. The van der Waals surface area contributed by atoms with Crippen LogP contribution >= 0.6 is 0 Å². The van der Waals surface area contributed by atoms with Gasteiger partial charge in [0.2, 0.25) is 0 Å². The van der Waals surface area contributed by atoms with E-state index < -0.39 is 0 Å². The molecule has 138 valence electrons. The molecule has 3 rings (SSSR count). The van der Waals surface area contributed by atoms with Crippen LogP contribution in [0, 0.1) is 6.92 Å². The van der Waals surface area contributed by atoms with Gasteiger partial charge in [0.15, 0.2) is 11.8 Å². The van der Waals surface area contributed by atoms with E-state index in [-0.39, 0.29) is 0 Å². The molecule has 0 saturated carbocycles. The van der Waals surface area contributed by atoms with Crippen LogP contribution in [0.3, 0.4) is 0 Å². The highest BCUT2D eigenvalue weighted by Crippen LogP contribution is 2.17. The average molecular weight is 354 g/mol. The first-order valence-corrected chi connectivity index (χ1v) is 8.84. The van der Waals surface area contributed by atoms with Gasteiger partial charge in [-0.1, -0.05) is 12.1 Å². The molecule has 2 aromatic heterocycles. The lowest BCUT2D eigenvalue weighted by atomic mass is 10.3. The Morgan fingerprint density at radius 1 is 1.42 bits per heavy atom. The number of pyridine rings is 1. The first-order valence-electron chi connectivity index (χ1n) is 8.84. The number of aliphatic imine (C=N–C) groups is 1. The van der Waals surface area contributed by atoms with Crippen LogP contribution in [0.25, 0.3) is 0 Å². The SMILES string of the molecule is C=CCNC(=NCc1nnc(C)n1C)NC1CCN(c2ccccn2)C1. The molecule has 1 fully saturated rings. The summed E-state index contributed by atoms with van der Waals surface area (Å²) >= 11 is 0. The second-order valence-corrected chi connectivity index (χ2v) is 6.32. The van der Waals surface area contributed by atoms with Crippen molar-refractivity contribution < 1.29 is 0 Å². The van der Waals surface area contributed by atoms with Gasteiger partial charge in [0.05, 0.1) is 0 Å². The Balaban J connectivity index is 1.62. The molecule has 1 aliphatic rings. The Hall–Kier alpha value is -2.90. The van der Waals surface area contributed by atoms with Crippen LogP contribution < -0.4 is 15.5 Å². The molecule has 2 aromatic rings. The smallest absolute Gasteiger partial charge is 0.192 e. The van der Waals surface area contributed by atoms with Crippen LogP contribution in [0.4, 0.5) is 5.82 Å². The standard InChI is InChI=1S/C18H26N8/c1-4-9-20-18(21-12-17-24-23-14(2)25(17)3)22-15-8-11-26(13-15)16-7-5-6-10-19-16/h4-7,10,15H,1,8-9,11-13H2,2-3H3,(H2,20,21,22). The van der Waals surface area contributed by atoms with Gasteiger partial charge in [-0.15, -0.1) is 16.8 Å². The molecule has 1 unspecified atom stereocenters. The summed E-state index contributed by atoms with van der Waals surface area (Å²) in [5.41, 5.74) is 0. The largest absolute Gasteiger partial charge is 0.354 e. The third kappa shape index (κ3) is 4.38. The number of hydrogen-bond acceptors (Lipinski definition) is 5. The maximum atomic E-state index is 4.66. The molecule has 1 atom stereocenters. The normalized spacial score (nSPS) is 17.4. The zero-order chi connectivity index (χ0) is 18.4. The Morgan fingerprint density at radius 2 is 2.31 bits per heavy atom. The van der Waals surface area contributed by atoms with Crippen molar-refractivity contribution in [3.63, 3.8) is 0 Å². The molecule has 2 N–H and O–H groups in total. The zero-order valence-electron chi connectivity index (χ0n) is 15.4. The molecule has 1 saturated heterocycles. The third-order valence-corrected chi connectivity index (χ3v) is 4.48. The first kappa shape index (κ1) is 17.9. The van der Waals surface area contributed by atoms with Gasteiger partial charge in [0.1, 0.15) is 18.2 Å². The van der Waals surface area contributed by atoms with Gasteiger partial charge in [-0.3, -0.25) is 0 Å². The molecular weight excluding hydrogens is 328 g/mol. The van der Waals surface area contributed by atoms with Gasteiger partial charge in [0.25, 0.3) is 0 Å². The van der Waals surface area contributed by atoms with Crippen molar-refractivity contribution in [2.24, 2.45) is 12.0 Å². The summed E-state index contributed by atoms with van der Waals surface area (Å²) in [7, 11) is 1.95. The van der Waals surface area contributed by atoms with Crippen LogP contribution in [-0.2, 0) is 13.6 Å². The highest BCUT2D eigenvalue weighted by atomic mass is 15.3. The molecule has 3 heterocycles. The maximum absolute atomic E-state index is 4.66. The lowest BCUT2D eigenvalue weighted by molar-refractivity contribution is 0.648. The van der Waals surface area contributed by atoms with E-state index in [4.69, 9.17) is 0 Å². The highest BCUT2D eigenvalue weighted by Gasteiger charge is 2.24. The third-order valence-electron chi connectivity index (χ3n) is 4.48. The van der Waals surface area contributed by atoms with E-state index in [9.17, 15) is 0 Å². The van der Waals surface area contributed by atoms with Gasteiger partial charge in [-0.25, -0.2) is 9.98 Å². The van der Waals surface area contributed by atoms with Gasteiger partial charge in [0, 0.05) is 38.9 Å². The predicted molar refractivity (Wildman–Crippen MR) is 103 cm³/mol. The van der Waals surface area contributed by atoms with Crippen LogP contribution in [-0.4, -0.2) is 51.4 Å².